The predicted octanol–water partition coefficient (Wildman–Crippen LogP) is 5.03. The van der Waals surface area contributed by atoms with Crippen molar-refractivity contribution in [2.45, 2.75) is 32.0 Å². The molecule has 1 rings (SSSR count). The Balaban J connectivity index is 2.56. The summed E-state index contributed by atoms with van der Waals surface area (Å²) in [6, 6.07) is 5.24. The molecule has 1 aromatic rings. The highest BCUT2D eigenvalue weighted by Crippen LogP contribution is 2.24. The number of hydrogen-bond donors (Lipinski definition) is 1. The van der Waals surface area contributed by atoms with E-state index in [9.17, 15) is 4.79 Å². The SMILES string of the molecule is CC(C)(C)CC(Br)CNC(=O)c1ccc(Br)cc1Cl. The molecule has 1 atom stereocenters. The Kier molecular flexibility index (Phi) is 6.34. The van der Waals surface area contributed by atoms with Gasteiger partial charge < -0.3 is 5.32 Å². The molecule has 1 aromatic carbocycles. The molecular formula is C14H18Br2ClNO. The van der Waals surface area contributed by atoms with Crippen molar-refractivity contribution in [3.63, 3.8) is 0 Å². The second-order valence-electron chi connectivity index (χ2n) is 5.70. The zero-order chi connectivity index (χ0) is 14.6. The van der Waals surface area contributed by atoms with E-state index in [4.69, 9.17) is 11.6 Å². The van der Waals surface area contributed by atoms with E-state index in [-0.39, 0.29) is 16.1 Å². The Morgan fingerprint density at radius 2 is 2.05 bits per heavy atom. The summed E-state index contributed by atoms with van der Waals surface area (Å²) >= 11 is 13.0. The summed E-state index contributed by atoms with van der Waals surface area (Å²) in [6.07, 6.45) is 0.987. The highest BCUT2D eigenvalue weighted by molar-refractivity contribution is 9.10. The first-order valence-electron chi connectivity index (χ1n) is 6.06. The van der Waals surface area contributed by atoms with Crippen LogP contribution in [0.25, 0.3) is 0 Å². The van der Waals surface area contributed by atoms with Gasteiger partial charge in [-0.3, -0.25) is 4.79 Å². The van der Waals surface area contributed by atoms with Gasteiger partial charge in [-0.25, -0.2) is 0 Å². The summed E-state index contributed by atoms with van der Waals surface area (Å²) in [7, 11) is 0. The standard InChI is InChI=1S/C14H18Br2ClNO/c1-14(2,3)7-10(16)8-18-13(19)11-5-4-9(15)6-12(11)17/h4-6,10H,7-8H2,1-3H3,(H,18,19). The van der Waals surface area contributed by atoms with Crippen molar-refractivity contribution < 1.29 is 4.79 Å². The van der Waals surface area contributed by atoms with Gasteiger partial charge in [0.15, 0.2) is 0 Å². The molecule has 19 heavy (non-hydrogen) atoms. The van der Waals surface area contributed by atoms with Gasteiger partial charge in [-0.2, -0.15) is 0 Å². The van der Waals surface area contributed by atoms with Gasteiger partial charge in [-0.05, 0) is 30.0 Å². The third-order valence-corrected chi connectivity index (χ3v) is 3.95. The smallest absolute Gasteiger partial charge is 0.252 e. The molecule has 2 nitrogen and oxygen atoms in total. The van der Waals surface area contributed by atoms with Gasteiger partial charge in [0.2, 0.25) is 0 Å². The molecule has 0 fully saturated rings. The van der Waals surface area contributed by atoms with Gasteiger partial charge in [0.05, 0.1) is 10.6 Å². The summed E-state index contributed by atoms with van der Waals surface area (Å²) in [6.45, 7) is 7.11. The zero-order valence-electron chi connectivity index (χ0n) is 11.3. The number of carbonyl (C=O) groups is 1. The zero-order valence-corrected chi connectivity index (χ0v) is 15.2. The molecule has 106 valence electrons. The van der Waals surface area contributed by atoms with Crippen LogP contribution >= 0.6 is 43.5 Å². The number of halogens is 3. The van der Waals surface area contributed by atoms with Crippen molar-refractivity contribution in [1.29, 1.82) is 0 Å². The molecule has 0 heterocycles. The van der Waals surface area contributed by atoms with Gasteiger partial charge in [0, 0.05) is 15.8 Å². The molecular weight excluding hydrogens is 393 g/mol. The number of amides is 1. The highest BCUT2D eigenvalue weighted by atomic mass is 79.9. The van der Waals surface area contributed by atoms with Crippen LogP contribution in [0.5, 0.6) is 0 Å². The fourth-order valence-electron chi connectivity index (χ4n) is 1.71. The van der Waals surface area contributed by atoms with Crippen molar-refractivity contribution in [3.8, 4) is 0 Å². The molecule has 0 spiro atoms. The van der Waals surface area contributed by atoms with Crippen LogP contribution in [0.4, 0.5) is 0 Å². The Labute approximate surface area is 136 Å². The lowest BCUT2D eigenvalue weighted by Gasteiger charge is -2.22. The minimum Gasteiger partial charge on any atom is -0.351 e. The van der Waals surface area contributed by atoms with Crippen molar-refractivity contribution in [2.24, 2.45) is 5.41 Å². The molecule has 0 saturated carbocycles. The summed E-state index contributed by atoms with van der Waals surface area (Å²) in [5.74, 6) is -0.143. The quantitative estimate of drug-likeness (QED) is 0.692. The van der Waals surface area contributed by atoms with E-state index in [1.807, 2.05) is 6.07 Å². The fourth-order valence-corrected chi connectivity index (χ4v) is 3.60. The maximum absolute atomic E-state index is 12.0. The van der Waals surface area contributed by atoms with Crippen LogP contribution in [0.15, 0.2) is 22.7 Å². The Morgan fingerprint density at radius 3 is 2.58 bits per heavy atom. The molecule has 0 saturated heterocycles. The van der Waals surface area contributed by atoms with Gasteiger partial charge in [0.1, 0.15) is 0 Å². The molecule has 1 amide bonds. The highest BCUT2D eigenvalue weighted by Gasteiger charge is 2.18. The van der Waals surface area contributed by atoms with Crippen LogP contribution in [0, 0.1) is 5.41 Å². The van der Waals surface area contributed by atoms with E-state index >= 15 is 0 Å². The van der Waals surface area contributed by atoms with Gasteiger partial charge in [-0.1, -0.05) is 64.2 Å². The molecule has 1 N–H and O–H groups in total. The first-order chi connectivity index (χ1) is 8.69. The average Bonchev–Trinajstić information content (AvgIpc) is 2.23. The lowest BCUT2D eigenvalue weighted by atomic mass is 9.90. The van der Waals surface area contributed by atoms with E-state index in [2.05, 4.69) is 57.9 Å². The molecule has 0 aliphatic carbocycles. The first kappa shape index (κ1) is 17.0. The minimum absolute atomic E-state index is 0.143. The Bertz CT molecular complexity index is 457. The number of nitrogens with one attached hydrogen (secondary N) is 1. The van der Waals surface area contributed by atoms with Crippen LogP contribution in [-0.2, 0) is 0 Å². The van der Waals surface area contributed by atoms with Crippen LogP contribution in [0.3, 0.4) is 0 Å². The van der Waals surface area contributed by atoms with Crippen molar-refractivity contribution in [2.75, 3.05) is 6.54 Å². The fraction of sp³-hybridized carbons (Fsp3) is 0.500. The lowest BCUT2D eigenvalue weighted by molar-refractivity contribution is 0.0952. The van der Waals surface area contributed by atoms with Gasteiger partial charge >= 0.3 is 0 Å². The lowest BCUT2D eigenvalue weighted by Crippen LogP contribution is -2.31. The van der Waals surface area contributed by atoms with E-state index in [0.717, 1.165) is 10.9 Å². The van der Waals surface area contributed by atoms with Crippen LogP contribution < -0.4 is 5.32 Å². The molecule has 0 radical (unpaired) electrons. The first-order valence-corrected chi connectivity index (χ1v) is 8.15. The molecule has 0 aliphatic heterocycles. The number of benzene rings is 1. The molecule has 1 unspecified atom stereocenters. The molecule has 0 aromatic heterocycles. The van der Waals surface area contributed by atoms with E-state index < -0.39 is 0 Å². The topological polar surface area (TPSA) is 29.1 Å². The van der Waals surface area contributed by atoms with Crippen molar-refractivity contribution in [3.05, 3.63) is 33.3 Å². The van der Waals surface area contributed by atoms with Gasteiger partial charge in [0.25, 0.3) is 5.91 Å². The molecule has 0 aliphatic rings. The van der Waals surface area contributed by atoms with Crippen LogP contribution in [-0.4, -0.2) is 17.3 Å². The summed E-state index contributed by atoms with van der Waals surface area (Å²) < 4.78 is 0.861. The summed E-state index contributed by atoms with van der Waals surface area (Å²) in [5, 5.41) is 3.35. The largest absolute Gasteiger partial charge is 0.351 e. The Morgan fingerprint density at radius 1 is 1.42 bits per heavy atom. The molecule has 0 bridgehead atoms. The van der Waals surface area contributed by atoms with E-state index in [1.165, 1.54) is 0 Å². The number of hydrogen-bond acceptors (Lipinski definition) is 1. The van der Waals surface area contributed by atoms with Crippen molar-refractivity contribution >= 4 is 49.4 Å². The second kappa shape index (κ2) is 7.09. The molecule has 5 heteroatoms. The summed E-state index contributed by atoms with van der Waals surface area (Å²) in [4.78, 5) is 12.3. The predicted molar refractivity (Wildman–Crippen MR) is 88.3 cm³/mol. The summed E-state index contributed by atoms with van der Waals surface area (Å²) in [5.41, 5.74) is 0.731. The average molecular weight is 412 g/mol. The van der Waals surface area contributed by atoms with E-state index in [1.54, 1.807) is 12.1 Å². The van der Waals surface area contributed by atoms with Crippen LogP contribution in [0.1, 0.15) is 37.6 Å². The van der Waals surface area contributed by atoms with Crippen molar-refractivity contribution in [1.82, 2.24) is 5.32 Å². The van der Waals surface area contributed by atoms with Crippen LogP contribution in [0.2, 0.25) is 5.02 Å². The maximum atomic E-state index is 12.0. The minimum atomic E-state index is -0.143. The number of rotatable bonds is 4. The number of carbonyl (C=O) groups excluding carboxylic acids is 1. The monoisotopic (exact) mass is 409 g/mol. The maximum Gasteiger partial charge on any atom is 0.252 e. The third kappa shape index (κ3) is 6.28. The number of alkyl halides is 1. The Hall–Kier alpha value is -0.0600. The van der Waals surface area contributed by atoms with E-state index in [0.29, 0.717) is 17.1 Å². The van der Waals surface area contributed by atoms with Gasteiger partial charge in [-0.15, -0.1) is 0 Å². The second-order valence-corrected chi connectivity index (χ2v) is 8.31. The normalized spacial score (nSPS) is 13.2. The third-order valence-electron chi connectivity index (χ3n) is 2.49.